The van der Waals surface area contributed by atoms with Crippen LogP contribution in [-0.2, 0) is 17.8 Å². The fraction of sp³-hybridized carbons (Fsp3) is 0.200. The van der Waals surface area contributed by atoms with E-state index in [2.05, 4.69) is 5.32 Å². The minimum absolute atomic E-state index is 0.00647. The zero-order valence-corrected chi connectivity index (χ0v) is 11.8. The number of ketones is 1. The third kappa shape index (κ3) is 3.74. The van der Waals surface area contributed by atoms with Gasteiger partial charge in [0, 0.05) is 12.1 Å². The maximum Gasteiger partial charge on any atom is 0.224 e. The lowest BCUT2D eigenvalue weighted by Gasteiger charge is -2.05. The molecular weight excluding hydrogens is 277 g/mol. The van der Waals surface area contributed by atoms with Gasteiger partial charge in [-0.15, -0.1) is 11.3 Å². The lowest BCUT2D eigenvalue weighted by molar-refractivity contribution is -0.120. The fourth-order valence-electron chi connectivity index (χ4n) is 1.74. The largest absolute Gasteiger partial charge is 0.352 e. The summed E-state index contributed by atoms with van der Waals surface area (Å²) >= 11 is 1.33. The molecule has 0 saturated carbocycles. The summed E-state index contributed by atoms with van der Waals surface area (Å²) in [6.45, 7) is 1.66. The molecule has 0 radical (unpaired) electrons. The molecule has 0 atom stereocenters. The fourth-order valence-corrected chi connectivity index (χ4v) is 2.55. The summed E-state index contributed by atoms with van der Waals surface area (Å²) in [7, 11) is 0. The van der Waals surface area contributed by atoms with Gasteiger partial charge in [0.1, 0.15) is 5.82 Å². The number of hydrogen-bond acceptors (Lipinski definition) is 3. The van der Waals surface area contributed by atoms with Crippen LogP contribution in [0.3, 0.4) is 0 Å². The molecule has 1 N–H and O–H groups in total. The summed E-state index contributed by atoms with van der Waals surface area (Å²) in [6.07, 6.45) is 0.193. The number of carbonyl (C=O) groups is 2. The normalized spacial score (nSPS) is 10.3. The van der Waals surface area contributed by atoms with Gasteiger partial charge in [-0.25, -0.2) is 4.39 Å². The van der Waals surface area contributed by atoms with Crippen molar-refractivity contribution < 1.29 is 14.0 Å². The highest BCUT2D eigenvalue weighted by atomic mass is 32.1. The van der Waals surface area contributed by atoms with Crippen LogP contribution >= 0.6 is 11.3 Å². The van der Waals surface area contributed by atoms with Gasteiger partial charge in [-0.3, -0.25) is 9.59 Å². The predicted molar refractivity (Wildman–Crippen MR) is 76.3 cm³/mol. The number of rotatable bonds is 5. The van der Waals surface area contributed by atoms with E-state index in [1.807, 2.05) is 0 Å². The minimum atomic E-state index is -0.331. The Balaban J connectivity index is 1.89. The summed E-state index contributed by atoms with van der Waals surface area (Å²) in [5, 5.41) is 4.46. The number of nitrogens with one attached hydrogen (secondary N) is 1. The van der Waals surface area contributed by atoms with Crippen LogP contribution in [0.15, 0.2) is 35.7 Å². The molecule has 104 valence electrons. The van der Waals surface area contributed by atoms with Gasteiger partial charge in [0.25, 0.3) is 0 Å². The Morgan fingerprint density at radius 3 is 2.70 bits per heavy atom. The van der Waals surface area contributed by atoms with Crippen LogP contribution in [0.5, 0.6) is 0 Å². The molecule has 1 heterocycles. The van der Waals surface area contributed by atoms with Crippen molar-refractivity contribution in [3.05, 3.63) is 57.5 Å². The van der Waals surface area contributed by atoms with E-state index in [9.17, 15) is 14.0 Å². The molecule has 2 aromatic rings. The van der Waals surface area contributed by atoms with Crippen LogP contribution in [-0.4, -0.2) is 11.7 Å². The van der Waals surface area contributed by atoms with Crippen LogP contribution in [0.4, 0.5) is 4.39 Å². The molecule has 1 aromatic heterocycles. The van der Waals surface area contributed by atoms with Gasteiger partial charge in [-0.1, -0.05) is 18.2 Å². The Kier molecular flexibility index (Phi) is 4.63. The summed E-state index contributed by atoms with van der Waals surface area (Å²) in [5.41, 5.74) is 1.25. The van der Waals surface area contributed by atoms with Gasteiger partial charge >= 0.3 is 0 Å². The first-order valence-corrected chi connectivity index (χ1v) is 7.02. The molecule has 0 fully saturated rings. The maximum atomic E-state index is 13.4. The Hall–Kier alpha value is -2.01. The highest BCUT2D eigenvalue weighted by Crippen LogP contribution is 2.15. The molecule has 1 amide bonds. The third-order valence-electron chi connectivity index (χ3n) is 2.80. The number of thiophene rings is 1. The van der Waals surface area contributed by atoms with E-state index >= 15 is 0 Å². The quantitative estimate of drug-likeness (QED) is 0.861. The van der Waals surface area contributed by atoms with E-state index < -0.39 is 0 Å². The molecule has 0 unspecified atom stereocenters. The van der Waals surface area contributed by atoms with Gasteiger partial charge in [0.05, 0.1) is 11.3 Å². The SMILES string of the molecule is CC(=O)c1cc(CC(=O)NCc2ccccc2F)cs1. The number of hydrogen-bond donors (Lipinski definition) is 1. The van der Waals surface area contributed by atoms with Crippen molar-refractivity contribution in [2.75, 3.05) is 0 Å². The molecule has 0 aliphatic carbocycles. The smallest absolute Gasteiger partial charge is 0.224 e. The Morgan fingerprint density at radius 2 is 2.05 bits per heavy atom. The average molecular weight is 291 g/mol. The van der Waals surface area contributed by atoms with Crippen LogP contribution in [0.1, 0.15) is 27.7 Å². The molecule has 3 nitrogen and oxygen atoms in total. The van der Waals surface area contributed by atoms with Crippen molar-refractivity contribution in [1.82, 2.24) is 5.32 Å². The van der Waals surface area contributed by atoms with Crippen molar-refractivity contribution in [2.45, 2.75) is 19.9 Å². The summed E-state index contributed by atoms with van der Waals surface area (Å²) in [5.74, 6) is -0.531. The van der Waals surface area contributed by atoms with Crippen molar-refractivity contribution in [1.29, 1.82) is 0 Å². The van der Waals surface area contributed by atoms with E-state index in [4.69, 9.17) is 0 Å². The summed E-state index contributed by atoms with van der Waals surface area (Å²) < 4.78 is 13.4. The first-order chi connectivity index (χ1) is 9.56. The molecule has 0 aliphatic heterocycles. The monoisotopic (exact) mass is 291 g/mol. The van der Waals surface area contributed by atoms with Gasteiger partial charge in [-0.2, -0.15) is 0 Å². The first-order valence-electron chi connectivity index (χ1n) is 6.14. The van der Waals surface area contributed by atoms with Crippen LogP contribution in [0, 0.1) is 5.82 Å². The standard InChI is InChI=1S/C15H14FNO2S/c1-10(18)14-6-11(9-20-14)7-15(19)17-8-12-4-2-3-5-13(12)16/h2-6,9H,7-8H2,1H3,(H,17,19). The molecule has 20 heavy (non-hydrogen) atoms. The van der Waals surface area contributed by atoms with E-state index in [0.29, 0.717) is 10.4 Å². The highest BCUT2D eigenvalue weighted by Gasteiger charge is 2.09. The second-order valence-electron chi connectivity index (χ2n) is 4.42. The number of amides is 1. The Labute approximate surface area is 120 Å². The third-order valence-corrected chi connectivity index (χ3v) is 3.88. The van der Waals surface area contributed by atoms with Crippen molar-refractivity contribution in [2.24, 2.45) is 0 Å². The van der Waals surface area contributed by atoms with Crippen LogP contribution < -0.4 is 5.32 Å². The van der Waals surface area contributed by atoms with E-state index in [1.54, 1.807) is 29.6 Å². The molecule has 0 saturated heterocycles. The molecule has 0 spiro atoms. The molecule has 1 aromatic carbocycles. The van der Waals surface area contributed by atoms with E-state index in [0.717, 1.165) is 5.56 Å². The molecule has 0 bridgehead atoms. The van der Waals surface area contributed by atoms with Crippen molar-refractivity contribution in [3.63, 3.8) is 0 Å². The number of benzene rings is 1. The predicted octanol–water partition coefficient (Wildman–Crippen LogP) is 2.95. The van der Waals surface area contributed by atoms with Crippen LogP contribution in [0.2, 0.25) is 0 Å². The molecule has 0 aliphatic rings. The number of carbonyl (C=O) groups excluding carboxylic acids is 2. The Morgan fingerprint density at radius 1 is 1.30 bits per heavy atom. The average Bonchev–Trinajstić information content (AvgIpc) is 2.86. The van der Waals surface area contributed by atoms with Gasteiger partial charge < -0.3 is 5.32 Å². The zero-order chi connectivity index (χ0) is 14.5. The van der Waals surface area contributed by atoms with Crippen molar-refractivity contribution in [3.8, 4) is 0 Å². The van der Waals surface area contributed by atoms with Crippen molar-refractivity contribution >= 4 is 23.0 Å². The number of Topliss-reactive ketones (excluding diaryl/α,β-unsaturated/α-hetero) is 1. The molecule has 5 heteroatoms. The molecule has 2 rings (SSSR count). The molecular formula is C15H14FNO2S. The summed E-state index contributed by atoms with van der Waals surface area (Å²) in [4.78, 5) is 23.6. The zero-order valence-electron chi connectivity index (χ0n) is 11.0. The van der Waals surface area contributed by atoms with Crippen LogP contribution in [0.25, 0.3) is 0 Å². The minimum Gasteiger partial charge on any atom is -0.352 e. The topological polar surface area (TPSA) is 46.2 Å². The number of halogens is 1. The van der Waals surface area contributed by atoms with E-state index in [1.165, 1.54) is 24.3 Å². The van der Waals surface area contributed by atoms with Gasteiger partial charge in [-0.05, 0) is 30.0 Å². The van der Waals surface area contributed by atoms with Gasteiger partial charge in [0.15, 0.2) is 5.78 Å². The second-order valence-corrected chi connectivity index (χ2v) is 5.33. The lowest BCUT2D eigenvalue weighted by atomic mass is 10.2. The Bertz CT molecular complexity index is 636. The highest BCUT2D eigenvalue weighted by molar-refractivity contribution is 7.12. The first kappa shape index (κ1) is 14.4. The maximum absolute atomic E-state index is 13.4. The lowest BCUT2D eigenvalue weighted by Crippen LogP contribution is -2.24. The van der Waals surface area contributed by atoms with Gasteiger partial charge in [0.2, 0.25) is 5.91 Å². The second kappa shape index (κ2) is 6.43. The summed E-state index contributed by atoms with van der Waals surface area (Å²) in [6, 6.07) is 8.04. The van der Waals surface area contributed by atoms with E-state index in [-0.39, 0.29) is 30.5 Å².